The molecule has 1 aromatic carbocycles. The van der Waals surface area contributed by atoms with Crippen molar-refractivity contribution in [2.24, 2.45) is 0 Å². The van der Waals surface area contributed by atoms with Gasteiger partial charge in [-0.1, -0.05) is 25.0 Å². The summed E-state index contributed by atoms with van der Waals surface area (Å²) >= 11 is 0. The smallest absolute Gasteiger partial charge is 0.256 e. The molecule has 0 radical (unpaired) electrons. The van der Waals surface area contributed by atoms with Crippen LogP contribution in [0.3, 0.4) is 0 Å². The maximum Gasteiger partial charge on any atom is 0.256 e. The van der Waals surface area contributed by atoms with Crippen molar-refractivity contribution in [1.29, 1.82) is 0 Å². The van der Waals surface area contributed by atoms with Gasteiger partial charge in [-0.25, -0.2) is 9.37 Å². The monoisotopic (exact) mass is 372 g/mol. The fourth-order valence-electron chi connectivity index (χ4n) is 3.67. The van der Waals surface area contributed by atoms with E-state index in [2.05, 4.69) is 10.3 Å². The largest absolute Gasteiger partial charge is 0.475 e. The van der Waals surface area contributed by atoms with Gasteiger partial charge in [-0.3, -0.25) is 4.79 Å². The molecule has 144 valence electrons. The molecule has 5 nitrogen and oxygen atoms in total. The van der Waals surface area contributed by atoms with Gasteiger partial charge in [0.1, 0.15) is 18.0 Å². The number of rotatable bonds is 8. The number of hydrogen-bond donors (Lipinski definition) is 1. The molecule has 27 heavy (non-hydrogen) atoms. The van der Waals surface area contributed by atoms with Gasteiger partial charge in [0.2, 0.25) is 5.88 Å². The van der Waals surface area contributed by atoms with Crippen LogP contribution in [-0.2, 0) is 10.2 Å². The first kappa shape index (κ1) is 19.3. The fourth-order valence-corrected chi connectivity index (χ4v) is 3.67. The van der Waals surface area contributed by atoms with Gasteiger partial charge in [0, 0.05) is 25.3 Å². The minimum Gasteiger partial charge on any atom is -0.475 e. The summed E-state index contributed by atoms with van der Waals surface area (Å²) in [6.07, 6.45) is 5.75. The number of hydrogen-bond acceptors (Lipinski definition) is 4. The zero-order chi connectivity index (χ0) is 19.1. The van der Waals surface area contributed by atoms with Crippen LogP contribution in [0.5, 0.6) is 5.88 Å². The average molecular weight is 372 g/mol. The van der Waals surface area contributed by atoms with E-state index in [0.29, 0.717) is 31.2 Å². The number of ether oxygens (including phenoxy) is 2. The summed E-state index contributed by atoms with van der Waals surface area (Å²) in [4.78, 5) is 16.9. The highest BCUT2D eigenvalue weighted by atomic mass is 19.1. The van der Waals surface area contributed by atoms with E-state index in [1.165, 1.54) is 12.1 Å². The third kappa shape index (κ3) is 4.63. The first-order chi connectivity index (χ1) is 13.1. The summed E-state index contributed by atoms with van der Waals surface area (Å²) in [5.74, 6) is -0.164. The molecule has 0 atom stereocenters. The van der Waals surface area contributed by atoms with Crippen molar-refractivity contribution in [3.05, 3.63) is 59.5 Å². The van der Waals surface area contributed by atoms with E-state index in [1.807, 2.05) is 12.1 Å². The molecule has 0 saturated heterocycles. The lowest BCUT2D eigenvalue weighted by molar-refractivity contribution is 0.0933. The Morgan fingerprint density at radius 1 is 1.19 bits per heavy atom. The molecule has 1 aliphatic rings. The van der Waals surface area contributed by atoms with Gasteiger partial charge in [-0.05, 0) is 42.7 Å². The van der Waals surface area contributed by atoms with Crippen molar-refractivity contribution in [3.8, 4) is 5.88 Å². The van der Waals surface area contributed by atoms with Crippen molar-refractivity contribution in [1.82, 2.24) is 10.3 Å². The normalized spacial score (nSPS) is 15.5. The third-order valence-corrected chi connectivity index (χ3v) is 5.15. The molecule has 6 heteroatoms. The molecular weight excluding hydrogens is 347 g/mol. The van der Waals surface area contributed by atoms with Crippen molar-refractivity contribution >= 4 is 5.91 Å². The number of amides is 1. The molecule has 0 aliphatic heterocycles. The highest BCUT2D eigenvalue weighted by Gasteiger charge is 2.36. The minimum atomic E-state index is -0.246. The second-order valence-corrected chi connectivity index (χ2v) is 6.87. The van der Waals surface area contributed by atoms with E-state index in [9.17, 15) is 9.18 Å². The highest BCUT2D eigenvalue weighted by Crippen LogP contribution is 2.40. The van der Waals surface area contributed by atoms with Gasteiger partial charge in [0.25, 0.3) is 5.91 Å². The number of carbonyl (C=O) groups excluding carboxylic acids is 1. The molecule has 2 aromatic rings. The fraction of sp³-hybridized carbons (Fsp3) is 0.429. The van der Waals surface area contributed by atoms with E-state index >= 15 is 0 Å². The molecule has 0 bridgehead atoms. The zero-order valence-electron chi connectivity index (χ0n) is 15.5. The molecule has 0 unspecified atom stereocenters. The number of benzene rings is 1. The van der Waals surface area contributed by atoms with Crippen LogP contribution < -0.4 is 10.1 Å². The molecule has 1 heterocycles. The lowest BCUT2D eigenvalue weighted by Crippen LogP contribution is -2.39. The minimum absolute atomic E-state index is 0.150. The summed E-state index contributed by atoms with van der Waals surface area (Å²) in [7, 11) is 1.59. The van der Waals surface area contributed by atoms with Crippen LogP contribution in [0.1, 0.15) is 41.6 Å². The van der Waals surface area contributed by atoms with E-state index in [1.54, 1.807) is 25.4 Å². The maximum absolute atomic E-state index is 13.3. The molecule has 1 aromatic heterocycles. The molecule has 1 amide bonds. The second kappa shape index (κ2) is 8.95. The van der Waals surface area contributed by atoms with Gasteiger partial charge in [0.05, 0.1) is 6.61 Å². The summed E-state index contributed by atoms with van der Waals surface area (Å²) in [5.41, 5.74) is 1.33. The number of methoxy groups -OCH3 is 1. The topological polar surface area (TPSA) is 60.5 Å². The summed E-state index contributed by atoms with van der Waals surface area (Å²) in [6.45, 7) is 1.25. The number of halogens is 1. The Morgan fingerprint density at radius 2 is 1.93 bits per heavy atom. The second-order valence-electron chi connectivity index (χ2n) is 6.87. The molecule has 1 fully saturated rings. The Hall–Kier alpha value is -2.47. The summed E-state index contributed by atoms with van der Waals surface area (Å²) in [6, 6.07) is 10.0. The molecule has 0 spiro atoms. The highest BCUT2D eigenvalue weighted by molar-refractivity contribution is 5.96. The van der Waals surface area contributed by atoms with Crippen molar-refractivity contribution in [2.75, 3.05) is 26.9 Å². The molecule has 3 rings (SSSR count). The van der Waals surface area contributed by atoms with E-state index in [-0.39, 0.29) is 17.1 Å². The Bertz CT molecular complexity index is 758. The van der Waals surface area contributed by atoms with Gasteiger partial charge >= 0.3 is 0 Å². The number of nitrogens with zero attached hydrogens (tertiary/aromatic N) is 1. The summed E-state index contributed by atoms with van der Waals surface area (Å²) < 4.78 is 23.8. The Labute approximate surface area is 158 Å². The van der Waals surface area contributed by atoms with Crippen LogP contribution in [-0.4, -0.2) is 37.8 Å². The van der Waals surface area contributed by atoms with E-state index in [0.717, 1.165) is 31.2 Å². The van der Waals surface area contributed by atoms with Crippen LogP contribution in [0.15, 0.2) is 42.6 Å². The molecule has 1 saturated carbocycles. The van der Waals surface area contributed by atoms with Gasteiger partial charge in [0.15, 0.2) is 0 Å². The number of carbonyl (C=O) groups is 1. The van der Waals surface area contributed by atoms with Crippen LogP contribution in [0, 0.1) is 5.82 Å². The quantitative estimate of drug-likeness (QED) is 0.721. The van der Waals surface area contributed by atoms with Gasteiger partial charge in [-0.15, -0.1) is 0 Å². The van der Waals surface area contributed by atoms with E-state index < -0.39 is 0 Å². The van der Waals surface area contributed by atoms with Crippen molar-refractivity contribution < 1.29 is 18.7 Å². The predicted octanol–water partition coefficient (Wildman–Crippen LogP) is 3.49. The number of aromatic nitrogens is 1. The Balaban J connectivity index is 1.71. The zero-order valence-corrected chi connectivity index (χ0v) is 15.5. The van der Waals surface area contributed by atoms with Crippen LogP contribution in [0.2, 0.25) is 0 Å². The first-order valence-electron chi connectivity index (χ1n) is 9.26. The van der Waals surface area contributed by atoms with Crippen LogP contribution >= 0.6 is 0 Å². The van der Waals surface area contributed by atoms with Crippen LogP contribution in [0.4, 0.5) is 4.39 Å². The lowest BCUT2D eigenvalue weighted by atomic mass is 9.78. The predicted molar refractivity (Wildman–Crippen MR) is 100 cm³/mol. The molecule has 1 N–H and O–H groups in total. The average Bonchev–Trinajstić information content (AvgIpc) is 3.17. The van der Waals surface area contributed by atoms with Crippen molar-refractivity contribution in [3.63, 3.8) is 0 Å². The van der Waals surface area contributed by atoms with Gasteiger partial charge in [-0.2, -0.15) is 0 Å². The lowest BCUT2D eigenvalue weighted by Gasteiger charge is -2.30. The third-order valence-electron chi connectivity index (χ3n) is 5.15. The Morgan fingerprint density at radius 3 is 2.63 bits per heavy atom. The number of pyridine rings is 1. The maximum atomic E-state index is 13.3. The molecule has 1 aliphatic carbocycles. The summed E-state index contributed by atoms with van der Waals surface area (Å²) in [5, 5.41) is 3.04. The Kier molecular flexibility index (Phi) is 6.40. The van der Waals surface area contributed by atoms with E-state index in [4.69, 9.17) is 9.47 Å². The van der Waals surface area contributed by atoms with Crippen LogP contribution in [0.25, 0.3) is 0 Å². The van der Waals surface area contributed by atoms with Crippen molar-refractivity contribution in [2.45, 2.75) is 31.1 Å². The first-order valence-corrected chi connectivity index (χ1v) is 9.26. The standard InChI is InChI=1S/C21H25FN2O3/c1-26-13-14-27-20-18(5-4-12-23-20)19(25)24-15-21(10-2-3-11-21)16-6-8-17(22)9-7-16/h4-9,12H,2-3,10-11,13-15H2,1H3,(H,24,25). The number of nitrogens with one attached hydrogen (secondary N) is 1. The SMILES string of the molecule is COCCOc1ncccc1C(=O)NCC1(c2ccc(F)cc2)CCCC1. The van der Waals surface area contributed by atoms with Gasteiger partial charge < -0.3 is 14.8 Å². The molecular formula is C21H25FN2O3.